The first-order valence-corrected chi connectivity index (χ1v) is 5.67. The summed E-state index contributed by atoms with van der Waals surface area (Å²) in [6, 6.07) is 7.88. The second kappa shape index (κ2) is 5.75. The summed E-state index contributed by atoms with van der Waals surface area (Å²) in [5.74, 6) is -3.26. The molecule has 0 atom stereocenters. The van der Waals surface area contributed by atoms with Crippen LogP contribution in [0.1, 0.15) is 5.56 Å². The molecule has 2 aromatic carbocycles. The summed E-state index contributed by atoms with van der Waals surface area (Å²) in [4.78, 5) is 0. The van der Waals surface area contributed by atoms with E-state index in [1.807, 2.05) is 0 Å². The number of rotatable bonds is 4. The zero-order valence-electron chi connectivity index (χ0n) is 10.2. The van der Waals surface area contributed by atoms with E-state index in [0.29, 0.717) is 12.1 Å². The molecule has 0 heterocycles. The molecule has 100 valence electrons. The fourth-order valence-electron chi connectivity index (χ4n) is 1.67. The molecule has 0 saturated carbocycles. The standard InChI is InChI=1S/C14H12F3NO/c1-18-8-9-4-2-6-11(16)14(9)19-12-7-3-5-10(15)13(12)17/h2-7,18H,8H2,1H3. The van der Waals surface area contributed by atoms with Crippen molar-refractivity contribution in [1.82, 2.24) is 5.32 Å². The summed E-state index contributed by atoms with van der Waals surface area (Å²) < 4.78 is 45.5. The van der Waals surface area contributed by atoms with Gasteiger partial charge in [0.2, 0.25) is 5.82 Å². The Morgan fingerprint density at radius 1 is 1.00 bits per heavy atom. The Kier molecular flexibility index (Phi) is 4.06. The highest BCUT2D eigenvalue weighted by Gasteiger charge is 2.15. The van der Waals surface area contributed by atoms with E-state index in [9.17, 15) is 13.2 Å². The maximum absolute atomic E-state index is 13.7. The van der Waals surface area contributed by atoms with Crippen molar-refractivity contribution in [2.24, 2.45) is 0 Å². The molecule has 1 N–H and O–H groups in total. The second-order valence-electron chi connectivity index (χ2n) is 3.91. The van der Waals surface area contributed by atoms with Gasteiger partial charge in [0.25, 0.3) is 0 Å². The third kappa shape index (κ3) is 2.88. The van der Waals surface area contributed by atoms with Crippen LogP contribution in [0.15, 0.2) is 36.4 Å². The van der Waals surface area contributed by atoms with Gasteiger partial charge in [0.05, 0.1) is 0 Å². The lowest BCUT2D eigenvalue weighted by Crippen LogP contribution is -2.07. The first kappa shape index (κ1) is 13.4. The number of benzene rings is 2. The minimum Gasteiger partial charge on any atom is -0.451 e. The normalized spacial score (nSPS) is 10.5. The molecule has 2 nitrogen and oxygen atoms in total. The lowest BCUT2D eigenvalue weighted by molar-refractivity contribution is 0.392. The van der Waals surface area contributed by atoms with Crippen molar-refractivity contribution in [3.63, 3.8) is 0 Å². The molecule has 0 radical (unpaired) electrons. The Bertz CT molecular complexity index is 587. The molecule has 19 heavy (non-hydrogen) atoms. The van der Waals surface area contributed by atoms with E-state index in [0.717, 1.165) is 6.07 Å². The molecule has 0 aliphatic heterocycles. The molecule has 0 fully saturated rings. The van der Waals surface area contributed by atoms with E-state index in [4.69, 9.17) is 4.74 Å². The van der Waals surface area contributed by atoms with Crippen LogP contribution in [0.25, 0.3) is 0 Å². The van der Waals surface area contributed by atoms with Crippen LogP contribution in [0, 0.1) is 17.5 Å². The molecule has 5 heteroatoms. The van der Waals surface area contributed by atoms with Crippen LogP contribution >= 0.6 is 0 Å². The molecule has 0 unspecified atom stereocenters. The van der Waals surface area contributed by atoms with Crippen molar-refractivity contribution in [1.29, 1.82) is 0 Å². The maximum Gasteiger partial charge on any atom is 0.201 e. The molecule has 0 amide bonds. The number of ether oxygens (including phenoxy) is 1. The van der Waals surface area contributed by atoms with Gasteiger partial charge < -0.3 is 10.1 Å². The highest BCUT2D eigenvalue weighted by molar-refractivity contribution is 5.39. The first-order valence-electron chi connectivity index (χ1n) is 5.67. The van der Waals surface area contributed by atoms with Gasteiger partial charge in [-0.3, -0.25) is 0 Å². The zero-order chi connectivity index (χ0) is 13.8. The SMILES string of the molecule is CNCc1cccc(F)c1Oc1cccc(F)c1F. The van der Waals surface area contributed by atoms with Crippen molar-refractivity contribution in [3.05, 3.63) is 59.4 Å². The summed E-state index contributed by atoms with van der Waals surface area (Å²) in [5.41, 5.74) is 0.520. The smallest absolute Gasteiger partial charge is 0.201 e. The summed E-state index contributed by atoms with van der Waals surface area (Å²) in [6.45, 7) is 0.351. The van der Waals surface area contributed by atoms with Crippen molar-refractivity contribution in [2.75, 3.05) is 7.05 Å². The molecular weight excluding hydrogens is 255 g/mol. The molecule has 0 spiro atoms. The van der Waals surface area contributed by atoms with Crippen molar-refractivity contribution < 1.29 is 17.9 Å². The average molecular weight is 267 g/mol. The molecule has 0 saturated heterocycles. The summed E-state index contributed by atoms with van der Waals surface area (Å²) in [7, 11) is 1.69. The van der Waals surface area contributed by atoms with Crippen LogP contribution in [-0.4, -0.2) is 7.05 Å². The van der Waals surface area contributed by atoms with E-state index in [1.54, 1.807) is 13.1 Å². The molecule has 2 rings (SSSR count). The summed E-state index contributed by atoms with van der Waals surface area (Å²) in [5, 5.41) is 2.85. The summed E-state index contributed by atoms with van der Waals surface area (Å²) >= 11 is 0. The first-order chi connectivity index (χ1) is 9.13. The molecule has 0 aliphatic carbocycles. The van der Waals surface area contributed by atoms with Gasteiger partial charge in [-0.2, -0.15) is 4.39 Å². The van der Waals surface area contributed by atoms with Gasteiger partial charge in [-0.1, -0.05) is 18.2 Å². The number of halogens is 3. The Morgan fingerprint density at radius 2 is 1.68 bits per heavy atom. The van der Waals surface area contributed by atoms with Gasteiger partial charge in [-0.25, -0.2) is 8.78 Å². The van der Waals surface area contributed by atoms with Crippen LogP contribution in [0.3, 0.4) is 0 Å². The van der Waals surface area contributed by atoms with E-state index in [-0.39, 0.29) is 11.5 Å². The van der Waals surface area contributed by atoms with Gasteiger partial charge in [-0.05, 0) is 25.2 Å². The highest BCUT2D eigenvalue weighted by Crippen LogP contribution is 2.30. The Hall–Kier alpha value is -2.01. The molecule has 2 aromatic rings. The average Bonchev–Trinajstić information content (AvgIpc) is 2.39. The number of hydrogen-bond donors (Lipinski definition) is 1. The van der Waals surface area contributed by atoms with Crippen LogP contribution in [-0.2, 0) is 6.54 Å². The fourth-order valence-corrected chi connectivity index (χ4v) is 1.67. The Balaban J connectivity index is 2.40. The van der Waals surface area contributed by atoms with Crippen molar-refractivity contribution in [2.45, 2.75) is 6.54 Å². The zero-order valence-corrected chi connectivity index (χ0v) is 10.2. The van der Waals surface area contributed by atoms with Gasteiger partial charge >= 0.3 is 0 Å². The second-order valence-corrected chi connectivity index (χ2v) is 3.91. The fraction of sp³-hybridized carbons (Fsp3) is 0.143. The van der Waals surface area contributed by atoms with Crippen molar-refractivity contribution in [3.8, 4) is 11.5 Å². The number of nitrogens with one attached hydrogen (secondary N) is 1. The van der Waals surface area contributed by atoms with Gasteiger partial charge in [-0.15, -0.1) is 0 Å². The van der Waals surface area contributed by atoms with E-state index in [1.165, 1.54) is 24.3 Å². The van der Waals surface area contributed by atoms with Gasteiger partial charge in [0.15, 0.2) is 23.1 Å². The van der Waals surface area contributed by atoms with Crippen LogP contribution in [0.2, 0.25) is 0 Å². The molecule has 0 aromatic heterocycles. The monoisotopic (exact) mass is 267 g/mol. The Labute approximate surface area is 108 Å². The topological polar surface area (TPSA) is 21.3 Å². The molecule has 0 aliphatic rings. The van der Waals surface area contributed by atoms with E-state index in [2.05, 4.69) is 5.32 Å². The van der Waals surface area contributed by atoms with Crippen LogP contribution in [0.4, 0.5) is 13.2 Å². The third-order valence-corrected chi connectivity index (χ3v) is 2.54. The van der Waals surface area contributed by atoms with Gasteiger partial charge in [0, 0.05) is 12.1 Å². The van der Waals surface area contributed by atoms with Crippen LogP contribution in [0.5, 0.6) is 11.5 Å². The molecular formula is C14H12F3NO. The van der Waals surface area contributed by atoms with E-state index < -0.39 is 17.5 Å². The molecule has 0 bridgehead atoms. The quantitative estimate of drug-likeness (QED) is 0.913. The summed E-state index contributed by atoms with van der Waals surface area (Å²) in [6.07, 6.45) is 0. The lowest BCUT2D eigenvalue weighted by Gasteiger charge is -2.12. The minimum atomic E-state index is -1.14. The van der Waals surface area contributed by atoms with Crippen molar-refractivity contribution >= 4 is 0 Å². The largest absolute Gasteiger partial charge is 0.451 e. The van der Waals surface area contributed by atoms with Gasteiger partial charge in [0.1, 0.15) is 0 Å². The number of para-hydroxylation sites is 1. The lowest BCUT2D eigenvalue weighted by atomic mass is 10.2. The number of hydrogen-bond acceptors (Lipinski definition) is 2. The minimum absolute atomic E-state index is 0.110. The Morgan fingerprint density at radius 3 is 2.42 bits per heavy atom. The highest BCUT2D eigenvalue weighted by atomic mass is 19.2. The van der Waals surface area contributed by atoms with Crippen LogP contribution < -0.4 is 10.1 Å². The predicted octanol–water partition coefficient (Wildman–Crippen LogP) is 3.62. The van der Waals surface area contributed by atoms with E-state index >= 15 is 0 Å². The predicted molar refractivity (Wildman–Crippen MR) is 65.6 cm³/mol. The third-order valence-electron chi connectivity index (χ3n) is 2.54. The maximum atomic E-state index is 13.7.